The summed E-state index contributed by atoms with van der Waals surface area (Å²) >= 11 is 0. The molecule has 0 radical (unpaired) electrons. The highest BCUT2D eigenvalue weighted by Crippen LogP contribution is 2.34. The van der Waals surface area contributed by atoms with Gasteiger partial charge in [0.2, 0.25) is 0 Å². The summed E-state index contributed by atoms with van der Waals surface area (Å²) in [7, 11) is 3.20. The van der Waals surface area contributed by atoms with E-state index in [1.807, 2.05) is 55.1 Å². The standard InChI is InChI=1S/C25H28N2O5/c1-16-13-26(14-17(2)32-16)23-22(19-7-11-21(31-4)12-8-19)24(28)27(25(23)29)15-18-5-9-20(30-3)10-6-18/h5-12,16-17H,13-15H2,1-4H3. The lowest BCUT2D eigenvalue weighted by Crippen LogP contribution is -2.46. The Hall–Kier alpha value is -3.32. The highest BCUT2D eigenvalue weighted by molar-refractivity contribution is 6.35. The number of carbonyl (C=O) groups is 2. The van der Waals surface area contributed by atoms with Crippen molar-refractivity contribution in [2.24, 2.45) is 0 Å². The van der Waals surface area contributed by atoms with Gasteiger partial charge in [-0.2, -0.15) is 0 Å². The molecule has 7 nitrogen and oxygen atoms in total. The summed E-state index contributed by atoms with van der Waals surface area (Å²) in [6.07, 6.45) is -0.0798. The van der Waals surface area contributed by atoms with E-state index >= 15 is 0 Å². The Morgan fingerprint density at radius 2 is 1.38 bits per heavy atom. The van der Waals surface area contributed by atoms with Crippen LogP contribution in [0.15, 0.2) is 54.2 Å². The van der Waals surface area contributed by atoms with Gasteiger partial charge in [0.25, 0.3) is 11.8 Å². The number of imide groups is 1. The molecule has 0 bridgehead atoms. The first-order valence-electron chi connectivity index (χ1n) is 10.7. The van der Waals surface area contributed by atoms with Crippen LogP contribution in [-0.2, 0) is 20.9 Å². The summed E-state index contributed by atoms with van der Waals surface area (Å²) in [5.74, 6) is 0.842. The normalized spacial score (nSPS) is 21.4. The van der Waals surface area contributed by atoms with E-state index < -0.39 is 0 Å². The molecule has 2 aromatic carbocycles. The fourth-order valence-electron chi connectivity index (χ4n) is 4.29. The minimum Gasteiger partial charge on any atom is -0.497 e. The molecule has 7 heteroatoms. The summed E-state index contributed by atoms with van der Waals surface area (Å²) in [5.41, 5.74) is 2.41. The van der Waals surface area contributed by atoms with Crippen molar-refractivity contribution in [1.29, 1.82) is 0 Å². The van der Waals surface area contributed by atoms with E-state index in [2.05, 4.69) is 0 Å². The van der Waals surface area contributed by atoms with E-state index in [9.17, 15) is 9.59 Å². The largest absolute Gasteiger partial charge is 0.497 e. The molecular weight excluding hydrogens is 408 g/mol. The van der Waals surface area contributed by atoms with Gasteiger partial charge in [0.15, 0.2) is 0 Å². The van der Waals surface area contributed by atoms with Crippen LogP contribution in [0.4, 0.5) is 0 Å². The predicted molar refractivity (Wildman–Crippen MR) is 120 cm³/mol. The van der Waals surface area contributed by atoms with Crippen molar-refractivity contribution in [2.75, 3.05) is 27.3 Å². The molecule has 2 aliphatic rings. The second-order valence-corrected chi connectivity index (χ2v) is 8.16. The number of ether oxygens (including phenoxy) is 3. The van der Waals surface area contributed by atoms with Crippen LogP contribution in [0.2, 0.25) is 0 Å². The van der Waals surface area contributed by atoms with Gasteiger partial charge in [0, 0.05) is 13.1 Å². The highest BCUT2D eigenvalue weighted by Gasteiger charge is 2.43. The molecule has 2 unspecified atom stereocenters. The van der Waals surface area contributed by atoms with Gasteiger partial charge in [-0.15, -0.1) is 0 Å². The molecule has 0 saturated carbocycles. The monoisotopic (exact) mass is 436 g/mol. The van der Waals surface area contributed by atoms with Crippen LogP contribution in [0.1, 0.15) is 25.0 Å². The number of amides is 2. The second kappa shape index (κ2) is 9.04. The van der Waals surface area contributed by atoms with Gasteiger partial charge in [-0.25, -0.2) is 0 Å². The maximum Gasteiger partial charge on any atom is 0.278 e. The quantitative estimate of drug-likeness (QED) is 0.649. The molecule has 2 amide bonds. The first-order valence-corrected chi connectivity index (χ1v) is 10.7. The molecule has 2 atom stereocenters. The third kappa shape index (κ3) is 4.21. The molecule has 0 spiro atoms. The predicted octanol–water partition coefficient (Wildman–Crippen LogP) is 3.09. The van der Waals surface area contributed by atoms with Crippen LogP contribution in [-0.4, -0.2) is 61.1 Å². The summed E-state index contributed by atoms with van der Waals surface area (Å²) in [4.78, 5) is 30.4. The zero-order chi connectivity index (χ0) is 22.8. The number of carbonyl (C=O) groups excluding carboxylic acids is 2. The van der Waals surface area contributed by atoms with Gasteiger partial charge in [-0.1, -0.05) is 24.3 Å². The van der Waals surface area contributed by atoms with Crippen LogP contribution >= 0.6 is 0 Å². The van der Waals surface area contributed by atoms with Gasteiger partial charge in [0.1, 0.15) is 17.2 Å². The van der Waals surface area contributed by atoms with Crippen LogP contribution < -0.4 is 9.47 Å². The third-order valence-corrected chi connectivity index (χ3v) is 5.76. The fraction of sp³-hybridized carbons (Fsp3) is 0.360. The van der Waals surface area contributed by atoms with Gasteiger partial charge < -0.3 is 19.1 Å². The van der Waals surface area contributed by atoms with Crippen molar-refractivity contribution in [3.63, 3.8) is 0 Å². The number of hydrogen-bond acceptors (Lipinski definition) is 6. The molecule has 0 N–H and O–H groups in total. The Morgan fingerprint density at radius 1 is 0.844 bits per heavy atom. The topological polar surface area (TPSA) is 68.3 Å². The number of rotatable bonds is 6. The highest BCUT2D eigenvalue weighted by atomic mass is 16.5. The fourth-order valence-corrected chi connectivity index (χ4v) is 4.29. The zero-order valence-corrected chi connectivity index (χ0v) is 18.8. The lowest BCUT2D eigenvalue weighted by atomic mass is 10.0. The summed E-state index contributed by atoms with van der Waals surface area (Å²) < 4.78 is 16.3. The van der Waals surface area contributed by atoms with Crippen molar-refractivity contribution < 1.29 is 23.8 Å². The van der Waals surface area contributed by atoms with Crippen molar-refractivity contribution >= 4 is 17.4 Å². The van der Waals surface area contributed by atoms with Crippen LogP contribution in [0.3, 0.4) is 0 Å². The van der Waals surface area contributed by atoms with E-state index in [-0.39, 0.29) is 30.6 Å². The van der Waals surface area contributed by atoms with Gasteiger partial charge in [0.05, 0.1) is 38.5 Å². The van der Waals surface area contributed by atoms with E-state index in [1.165, 1.54) is 4.90 Å². The average molecular weight is 437 g/mol. The second-order valence-electron chi connectivity index (χ2n) is 8.16. The Bertz CT molecular complexity index is 1020. The average Bonchev–Trinajstić information content (AvgIpc) is 3.03. The number of nitrogens with zero attached hydrogens (tertiary/aromatic N) is 2. The van der Waals surface area contributed by atoms with E-state index in [0.717, 1.165) is 11.3 Å². The molecule has 1 fully saturated rings. The minimum atomic E-state index is -0.294. The molecular formula is C25H28N2O5. The van der Waals surface area contributed by atoms with Crippen molar-refractivity contribution in [3.05, 3.63) is 65.4 Å². The first kappa shape index (κ1) is 21.9. The van der Waals surface area contributed by atoms with Gasteiger partial charge in [-0.05, 0) is 49.2 Å². The minimum absolute atomic E-state index is 0.0399. The Balaban J connectivity index is 1.71. The SMILES string of the molecule is COc1ccc(CN2C(=O)C(c3ccc(OC)cc3)=C(N3CC(C)OC(C)C3)C2=O)cc1. The van der Waals surface area contributed by atoms with E-state index in [0.29, 0.717) is 35.7 Å². The lowest BCUT2D eigenvalue weighted by molar-refractivity contribution is -0.139. The Labute approximate surface area is 188 Å². The Kier molecular flexibility index (Phi) is 6.19. The number of morpholine rings is 1. The van der Waals surface area contributed by atoms with Crippen LogP contribution in [0.25, 0.3) is 5.57 Å². The third-order valence-electron chi connectivity index (χ3n) is 5.76. The molecule has 0 aromatic heterocycles. The number of methoxy groups -OCH3 is 2. The number of hydrogen-bond donors (Lipinski definition) is 0. The maximum absolute atomic E-state index is 13.6. The molecule has 1 saturated heterocycles. The van der Waals surface area contributed by atoms with Crippen LogP contribution in [0.5, 0.6) is 11.5 Å². The first-order chi connectivity index (χ1) is 15.4. The van der Waals surface area contributed by atoms with Crippen molar-refractivity contribution in [3.8, 4) is 11.5 Å². The molecule has 2 aliphatic heterocycles. The molecule has 0 aliphatic carbocycles. The van der Waals surface area contributed by atoms with Crippen LogP contribution in [0, 0.1) is 0 Å². The molecule has 168 valence electrons. The Morgan fingerprint density at radius 3 is 1.91 bits per heavy atom. The summed E-state index contributed by atoms with van der Waals surface area (Å²) in [6, 6.07) is 14.6. The molecule has 2 heterocycles. The van der Waals surface area contributed by atoms with E-state index in [4.69, 9.17) is 14.2 Å². The van der Waals surface area contributed by atoms with Crippen molar-refractivity contribution in [2.45, 2.75) is 32.6 Å². The van der Waals surface area contributed by atoms with E-state index in [1.54, 1.807) is 26.4 Å². The number of benzene rings is 2. The molecule has 2 aromatic rings. The smallest absolute Gasteiger partial charge is 0.278 e. The zero-order valence-electron chi connectivity index (χ0n) is 18.8. The van der Waals surface area contributed by atoms with Crippen molar-refractivity contribution in [1.82, 2.24) is 9.80 Å². The summed E-state index contributed by atoms with van der Waals surface area (Å²) in [6.45, 7) is 5.25. The van der Waals surface area contributed by atoms with Gasteiger partial charge in [-0.3, -0.25) is 14.5 Å². The summed E-state index contributed by atoms with van der Waals surface area (Å²) in [5, 5.41) is 0. The van der Waals surface area contributed by atoms with Gasteiger partial charge >= 0.3 is 0 Å². The molecule has 32 heavy (non-hydrogen) atoms. The lowest BCUT2D eigenvalue weighted by Gasteiger charge is -2.37. The maximum atomic E-state index is 13.6. The molecule has 4 rings (SSSR count).